The topological polar surface area (TPSA) is 68.3 Å². The molecule has 0 aliphatic rings. The fourth-order valence-electron chi connectivity index (χ4n) is 0.464. The second-order valence-corrected chi connectivity index (χ2v) is 6.44. The van der Waals surface area contributed by atoms with Crippen LogP contribution < -0.4 is 0 Å². The van der Waals surface area contributed by atoms with Gasteiger partial charge in [0, 0.05) is 5.41 Å². The van der Waals surface area contributed by atoms with E-state index in [1.54, 1.807) is 0 Å². The van der Waals surface area contributed by atoms with Gasteiger partial charge in [0.05, 0.1) is 5.75 Å². The molecule has 0 aromatic rings. The van der Waals surface area contributed by atoms with E-state index in [0.717, 1.165) is 0 Å². The van der Waals surface area contributed by atoms with Gasteiger partial charge in [0.15, 0.2) is 0 Å². The summed E-state index contributed by atoms with van der Waals surface area (Å²) in [5.74, 6) is -1.88. The molecule has 0 aromatic carbocycles. The lowest BCUT2D eigenvalue weighted by Crippen LogP contribution is -2.26. The Morgan fingerprint density at radius 2 is 1.24 bits per heavy atom. The average molecular weight is 306 g/mol. The molecule has 0 aliphatic heterocycles. The number of rotatable bonds is 3. The lowest BCUT2D eigenvalue weighted by atomic mass is 10.8. The Balaban J connectivity index is 4.97. The van der Waals surface area contributed by atoms with E-state index in [1.807, 2.05) is 0 Å². The zero-order chi connectivity index (χ0) is 14.1. The molecule has 0 atom stereocenters. The largest absolute Gasteiger partial charge is 0.501 e. The van der Waals surface area contributed by atoms with E-state index < -0.39 is 41.9 Å². The van der Waals surface area contributed by atoms with Gasteiger partial charge in [-0.05, 0) is 0 Å². The van der Waals surface area contributed by atoms with E-state index in [0.29, 0.717) is 0 Å². The zero-order valence-electron chi connectivity index (χ0n) is 7.58. The van der Waals surface area contributed by atoms with E-state index in [1.165, 1.54) is 0 Å². The molecule has 0 aromatic heterocycles. The van der Waals surface area contributed by atoms with Crippen LogP contribution in [0.2, 0.25) is 0 Å². The lowest BCUT2D eigenvalue weighted by Gasteiger charge is -2.05. The summed E-state index contributed by atoms with van der Waals surface area (Å²) in [7, 11) is -11.5. The second kappa shape index (κ2) is 4.48. The van der Waals surface area contributed by atoms with Crippen molar-refractivity contribution in [3.63, 3.8) is 0 Å². The molecule has 0 radical (unpaired) electrons. The maximum atomic E-state index is 11.7. The van der Waals surface area contributed by atoms with Crippen LogP contribution in [0.3, 0.4) is 0 Å². The molecule has 0 aliphatic carbocycles. The molecule has 12 heteroatoms. The quantitative estimate of drug-likeness (QED) is 0.739. The molecule has 0 N–H and O–H groups in total. The third kappa shape index (κ3) is 4.18. The summed E-state index contributed by atoms with van der Waals surface area (Å²) in [6.45, 7) is 0. The highest BCUT2D eigenvalue weighted by atomic mass is 32.2. The van der Waals surface area contributed by atoms with Gasteiger partial charge in [-0.1, -0.05) is 6.08 Å². The summed E-state index contributed by atoms with van der Waals surface area (Å²) in [5.41, 5.74) is -11.3. The van der Waals surface area contributed by atoms with E-state index in [9.17, 15) is 43.2 Å². The molecule has 0 bridgehead atoms. The van der Waals surface area contributed by atoms with Crippen LogP contribution in [0.1, 0.15) is 0 Å². The molecule has 102 valence electrons. The molecule has 0 saturated carbocycles. The van der Waals surface area contributed by atoms with Crippen LogP contribution in [0.15, 0.2) is 11.5 Å². The zero-order valence-corrected chi connectivity index (χ0v) is 9.21. The minimum Gasteiger partial charge on any atom is -0.219 e. The van der Waals surface area contributed by atoms with E-state index >= 15 is 0 Å². The molecule has 0 spiro atoms. The molecular formula is C5H4F6O4S2. The van der Waals surface area contributed by atoms with Crippen LogP contribution in [0, 0.1) is 0 Å². The maximum Gasteiger partial charge on any atom is 0.501 e. The first-order valence-corrected chi connectivity index (χ1v) is 6.67. The Morgan fingerprint density at radius 3 is 1.53 bits per heavy atom. The lowest BCUT2D eigenvalue weighted by molar-refractivity contribution is -0.0434. The molecule has 17 heavy (non-hydrogen) atoms. The van der Waals surface area contributed by atoms with Gasteiger partial charge in [-0.3, -0.25) is 0 Å². The fraction of sp³-hybridized carbons (Fsp3) is 0.600. The highest BCUT2D eigenvalue weighted by Gasteiger charge is 2.46. The van der Waals surface area contributed by atoms with Crippen molar-refractivity contribution in [2.45, 2.75) is 11.0 Å². The van der Waals surface area contributed by atoms with Crippen molar-refractivity contribution in [2.75, 3.05) is 5.75 Å². The average Bonchev–Trinajstić information content (AvgIpc) is 1.98. The highest BCUT2D eigenvalue weighted by molar-refractivity contribution is 7.95. The van der Waals surface area contributed by atoms with Gasteiger partial charge in [0.25, 0.3) is 19.7 Å². The first-order valence-electron chi connectivity index (χ1n) is 3.47. The van der Waals surface area contributed by atoms with Crippen LogP contribution in [-0.2, 0) is 19.7 Å². The third-order valence-corrected chi connectivity index (χ3v) is 3.80. The van der Waals surface area contributed by atoms with Gasteiger partial charge in [-0.15, -0.1) is 0 Å². The van der Waals surface area contributed by atoms with Crippen molar-refractivity contribution in [1.29, 1.82) is 0 Å². The molecule has 4 nitrogen and oxygen atoms in total. The normalized spacial score (nSPS) is 15.4. The predicted molar refractivity (Wildman–Crippen MR) is 44.0 cm³/mol. The Hall–Kier alpha value is -0.780. The van der Waals surface area contributed by atoms with E-state index in [2.05, 4.69) is 0 Å². The molecule has 0 fully saturated rings. The molecular weight excluding hydrogens is 302 g/mol. The van der Waals surface area contributed by atoms with Crippen molar-refractivity contribution >= 4 is 19.7 Å². The third-order valence-electron chi connectivity index (χ3n) is 1.27. The van der Waals surface area contributed by atoms with Gasteiger partial charge < -0.3 is 0 Å². The monoisotopic (exact) mass is 306 g/mol. The summed E-state index contributed by atoms with van der Waals surface area (Å²) in [5, 5.41) is -0.629. The number of hydrogen-bond acceptors (Lipinski definition) is 4. The number of sulfone groups is 2. The smallest absolute Gasteiger partial charge is 0.219 e. The Kier molecular flexibility index (Phi) is 4.27. The van der Waals surface area contributed by atoms with Gasteiger partial charge in [-0.2, -0.15) is 26.3 Å². The van der Waals surface area contributed by atoms with Crippen molar-refractivity contribution in [3.05, 3.63) is 11.5 Å². The van der Waals surface area contributed by atoms with Crippen molar-refractivity contribution in [3.8, 4) is 0 Å². The van der Waals surface area contributed by atoms with E-state index in [-0.39, 0.29) is 6.08 Å². The predicted octanol–water partition coefficient (Wildman–Crippen LogP) is 1.37. The first-order chi connectivity index (χ1) is 7.21. The van der Waals surface area contributed by atoms with Crippen LogP contribution >= 0.6 is 0 Å². The van der Waals surface area contributed by atoms with Crippen molar-refractivity contribution in [2.24, 2.45) is 0 Å². The van der Waals surface area contributed by atoms with Crippen LogP contribution in [-0.4, -0.2) is 33.6 Å². The van der Waals surface area contributed by atoms with Gasteiger partial charge in [-0.25, -0.2) is 16.8 Å². The number of alkyl halides is 6. The minimum atomic E-state index is -5.78. The van der Waals surface area contributed by atoms with E-state index in [4.69, 9.17) is 0 Å². The molecule has 0 amide bonds. The Morgan fingerprint density at radius 1 is 0.824 bits per heavy atom. The van der Waals surface area contributed by atoms with Crippen LogP contribution in [0.4, 0.5) is 26.3 Å². The SMILES string of the molecule is O=S(=O)(C=CCS(=O)(=O)C(F)(F)F)C(F)(F)F. The van der Waals surface area contributed by atoms with Gasteiger partial charge in [0.2, 0.25) is 0 Å². The summed E-state index contributed by atoms with van der Waals surface area (Å²) in [6.07, 6.45) is -0.231. The standard InChI is InChI=1S/C5H4F6O4S2/c6-4(7,8)16(12,13)2-1-3-17(14,15)5(9,10)11/h1-2H,3H2. The molecule has 0 saturated heterocycles. The first kappa shape index (κ1) is 16.2. The van der Waals surface area contributed by atoms with Gasteiger partial charge >= 0.3 is 11.0 Å². The summed E-state index contributed by atoms with van der Waals surface area (Å²) < 4.78 is 111. The molecule has 0 unspecified atom stereocenters. The highest BCUT2D eigenvalue weighted by Crippen LogP contribution is 2.26. The number of hydrogen-bond donors (Lipinski definition) is 0. The number of halogens is 6. The summed E-state index contributed by atoms with van der Waals surface area (Å²) in [4.78, 5) is 0. The fourth-order valence-corrected chi connectivity index (χ4v) is 1.63. The minimum absolute atomic E-state index is 0.231. The summed E-state index contributed by atoms with van der Waals surface area (Å²) >= 11 is 0. The Labute approximate surface area is 91.8 Å². The summed E-state index contributed by atoms with van der Waals surface area (Å²) in [6, 6.07) is 0. The molecule has 0 heterocycles. The Bertz CT molecular complexity index is 494. The molecule has 0 rings (SSSR count). The maximum absolute atomic E-state index is 11.7. The van der Waals surface area contributed by atoms with Crippen LogP contribution in [0.25, 0.3) is 0 Å². The second-order valence-electron chi connectivity index (χ2n) is 2.59. The van der Waals surface area contributed by atoms with Crippen molar-refractivity contribution in [1.82, 2.24) is 0 Å². The van der Waals surface area contributed by atoms with Crippen LogP contribution in [0.5, 0.6) is 0 Å². The van der Waals surface area contributed by atoms with Crippen molar-refractivity contribution < 1.29 is 43.2 Å². The van der Waals surface area contributed by atoms with Gasteiger partial charge in [0.1, 0.15) is 0 Å².